The molecule has 0 radical (unpaired) electrons. The summed E-state index contributed by atoms with van der Waals surface area (Å²) in [5.74, 6) is 0.175. The van der Waals surface area contributed by atoms with Crippen LogP contribution in [-0.4, -0.2) is 22.8 Å². The Morgan fingerprint density at radius 3 is 1.88 bits per heavy atom. The molecule has 0 spiro atoms. The van der Waals surface area contributed by atoms with Gasteiger partial charge in [0.25, 0.3) is 0 Å². The van der Waals surface area contributed by atoms with E-state index in [1.54, 1.807) is 6.92 Å². The van der Waals surface area contributed by atoms with Crippen molar-refractivity contribution in [1.82, 2.24) is 9.80 Å². The molecule has 2 aliphatic heterocycles. The number of hydrogen-bond donors (Lipinski definition) is 0. The molecule has 0 saturated carbocycles. The van der Waals surface area contributed by atoms with Gasteiger partial charge in [-0.25, -0.2) is 0 Å². The molecule has 16 heavy (non-hydrogen) atoms. The number of carbonyl (C=O) groups is 1. The SMILES string of the molecule is CC(=O)N1Cc2cc3c(cc2C1)CN(C)C3. The molecule has 3 heteroatoms. The van der Waals surface area contributed by atoms with Gasteiger partial charge in [0.1, 0.15) is 0 Å². The van der Waals surface area contributed by atoms with Crippen LogP contribution in [0.15, 0.2) is 12.1 Å². The maximum Gasteiger partial charge on any atom is 0.220 e. The lowest BCUT2D eigenvalue weighted by molar-refractivity contribution is -0.129. The molecular weight excluding hydrogens is 200 g/mol. The molecule has 2 aliphatic rings. The molecule has 3 nitrogen and oxygen atoms in total. The lowest BCUT2D eigenvalue weighted by atomic mass is 10.0. The van der Waals surface area contributed by atoms with Crippen LogP contribution >= 0.6 is 0 Å². The van der Waals surface area contributed by atoms with Gasteiger partial charge in [0.05, 0.1) is 0 Å². The van der Waals surface area contributed by atoms with Gasteiger partial charge < -0.3 is 4.90 Å². The summed E-state index contributed by atoms with van der Waals surface area (Å²) in [7, 11) is 2.15. The van der Waals surface area contributed by atoms with Crippen LogP contribution < -0.4 is 0 Å². The highest BCUT2D eigenvalue weighted by molar-refractivity contribution is 5.74. The van der Waals surface area contributed by atoms with E-state index in [-0.39, 0.29) is 5.91 Å². The molecule has 0 N–H and O–H groups in total. The molecule has 0 bridgehead atoms. The number of benzene rings is 1. The normalized spacial score (nSPS) is 18.8. The van der Waals surface area contributed by atoms with Gasteiger partial charge in [0, 0.05) is 33.1 Å². The lowest BCUT2D eigenvalue weighted by Gasteiger charge is -2.11. The molecule has 0 aliphatic carbocycles. The summed E-state index contributed by atoms with van der Waals surface area (Å²) in [6.07, 6.45) is 0. The molecule has 1 aromatic carbocycles. The first kappa shape index (κ1) is 9.85. The average molecular weight is 216 g/mol. The van der Waals surface area contributed by atoms with Crippen molar-refractivity contribution in [2.45, 2.75) is 33.1 Å². The second-order valence-corrected chi connectivity index (χ2v) is 4.94. The van der Waals surface area contributed by atoms with Crippen molar-refractivity contribution in [2.24, 2.45) is 0 Å². The highest BCUT2D eigenvalue weighted by Crippen LogP contribution is 2.30. The molecule has 0 atom stereocenters. The standard InChI is InChI=1S/C13H16N2O/c1-9(16)15-7-12-3-10-5-14(2)6-11(10)4-13(12)8-15/h3-4H,5-8H2,1-2H3. The molecule has 1 amide bonds. The van der Waals surface area contributed by atoms with E-state index in [1.165, 1.54) is 22.3 Å². The highest BCUT2D eigenvalue weighted by Gasteiger charge is 2.24. The van der Waals surface area contributed by atoms with E-state index >= 15 is 0 Å². The third kappa shape index (κ3) is 1.43. The van der Waals surface area contributed by atoms with Gasteiger partial charge in [-0.05, 0) is 29.3 Å². The van der Waals surface area contributed by atoms with Crippen molar-refractivity contribution in [3.63, 3.8) is 0 Å². The molecule has 84 valence electrons. The minimum Gasteiger partial charge on any atom is -0.334 e. The predicted molar refractivity (Wildman–Crippen MR) is 61.5 cm³/mol. The van der Waals surface area contributed by atoms with E-state index in [4.69, 9.17) is 0 Å². The molecule has 3 rings (SSSR count). The summed E-state index contributed by atoms with van der Waals surface area (Å²) in [4.78, 5) is 15.6. The van der Waals surface area contributed by atoms with Crippen molar-refractivity contribution < 1.29 is 4.79 Å². The second kappa shape index (κ2) is 3.32. The minimum atomic E-state index is 0.175. The smallest absolute Gasteiger partial charge is 0.220 e. The largest absolute Gasteiger partial charge is 0.334 e. The van der Waals surface area contributed by atoms with Crippen molar-refractivity contribution in [2.75, 3.05) is 7.05 Å². The first-order valence-corrected chi connectivity index (χ1v) is 5.71. The summed E-state index contributed by atoms with van der Waals surface area (Å²) in [6, 6.07) is 4.58. The van der Waals surface area contributed by atoms with Crippen molar-refractivity contribution in [1.29, 1.82) is 0 Å². The predicted octanol–water partition coefficient (Wildman–Crippen LogP) is 1.49. The first-order valence-electron chi connectivity index (χ1n) is 5.71. The van der Waals surface area contributed by atoms with E-state index in [0.717, 1.165) is 26.2 Å². The molecule has 1 aromatic rings. The topological polar surface area (TPSA) is 23.6 Å². The first-order chi connectivity index (χ1) is 7.63. The Morgan fingerprint density at radius 1 is 1.00 bits per heavy atom. The fourth-order valence-electron chi connectivity index (χ4n) is 2.71. The second-order valence-electron chi connectivity index (χ2n) is 4.94. The zero-order valence-electron chi connectivity index (χ0n) is 9.79. The molecule has 0 fully saturated rings. The number of nitrogens with zero attached hydrogens (tertiary/aromatic N) is 2. The fourth-order valence-corrected chi connectivity index (χ4v) is 2.71. The van der Waals surface area contributed by atoms with E-state index < -0.39 is 0 Å². The third-order valence-corrected chi connectivity index (χ3v) is 3.57. The Bertz CT molecular complexity index is 432. The van der Waals surface area contributed by atoms with E-state index in [2.05, 4.69) is 24.1 Å². The molecule has 0 saturated heterocycles. The Hall–Kier alpha value is -1.35. The van der Waals surface area contributed by atoms with Crippen LogP contribution in [0, 0.1) is 0 Å². The van der Waals surface area contributed by atoms with Crippen LogP contribution in [0.5, 0.6) is 0 Å². The summed E-state index contributed by atoms with van der Waals surface area (Å²) < 4.78 is 0. The highest BCUT2D eigenvalue weighted by atomic mass is 16.2. The number of carbonyl (C=O) groups excluding carboxylic acids is 1. The van der Waals surface area contributed by atoms with E-state index in [0.29, 0.717) is 0 Å². The van der Waals surface area contributed by atoms with Crippen LogP contribution in [0.3, 0.4) is 0 Å². The maximum atomic E-state index is 11.3. The lowest BCUT2D eigenvalue weighted by Crippen LogP contribution is -2.21. The monoisotopic (exact) mass is 216 g/mol. The zero-order chi connectivity index (χ0) is 11.3. The number of rotatable bonds is 0. The van der Waals surface area contributed by atoms with Crippen molar-refractivity contribution in [3.8, 4) is 0 Å². The van der Waals surface area contributed by atoms with Gasteiger partial charge in [-0.2, -0.15) is 0 Å². The van der Waals surface area contributed by atoms with Gasteiger partial charge in [0.2, 0.25) is 5.91 Å². The minimum absolute atomic E-state index is 0.175. The zero-order valence-corrected chi connectivity index (χ0v) is 9.79. The number of amides is 1. The number of hydrogen-bond acceptors (Lipinski definition) is 2. The Kier molecular flexibility index (Phi) is 2.04. The fraction of sp³-hybridized carbons (Fsp3) is 0.462. The van der Waals surface area contributed by atoms with Gasteiger partial charge >= 0.3 is 0 Å². The van der Waals surface area contributed by atoms with Gasteiger partial charge in [-0.1, -0.05) is 12.1 Å². The average Bonchev–Trinajstić information content (AvgIpc) is 2.74. The number of fused-ring (bicyclic) bond motifs is 2. The summed E-state index contributed by atoms with van der Waals surface area (Å²) in [5, 5.41) is 0. The van der Waals surface area contributed by atoms with Crippen LogP contribution in [0.25, 0.3) is 0 Å². The molecule has 0 unspecified atom stereocenters. The van der Waals surface area contributed by atoms with Crippen LogP contribution in [0.2, 0.25) is 0 Å². The summed E-state index contributed by atoms with van der Waals surface area (Å²) >= 11 is 0. The van der Waals surface area contributed by atoms with Crippen LogP contribution in [0.4, 0.5) is 0 Å². The molecule has 0 aromatic heterocycles. The third-order valence-electron chi connectivity index (χ3n) is 3.57. The Balaban J connectivity index is 1.95. The van der Waals surface area contributed by atoms with Crippen molar-refractivity contribution in [3.05, 3.63) is 34.4 Å². The summed E-state index contributed by atoms with van der Waals surface area (Å²) in [5.41, 5.74) is 5.55. The van der Waals surface area contributed by atoms with E-state index in [1.807, 2.05) is 4.90 Å². The van der Waals surface area contributed by atoms with Gasteiger partial charge in [-0.15, -0.1) is 0 Å². The van der Waals surface area contributed by atoms with Crippen LogP contribution in [-0.2, 0) is 31.0 Å². The van der Waals surface area contributed by atoms with Gasteiger partial charge in [0.15, 0.2) is 0 Å². The Labute approximate surface area is 95.7 Å². The summed E-state index contributed by atoms with van der Waals surface area (Å²) in [6.45, 7) is 5.32. The van der Waals surface area contributed by atoms with E-state index in [9.17, 15) is 4.79 Å². The molecular formula is C13H16N2O. The van der Waals surface area contributed by atoms with Gasteiger partial charge in [-0.3, -0.25) is 9.69 Å². The van der Waals surface area contributed by atoms with Crippen LogP contribution in [0.1, 0.15) is 29.2 Å². The van der Waals surface area contributed by atoms with Crippen molar-refractivity contribution >= 4 is 5.91 Å². The molecule has 2 heterocycles. The Morgan fingerprint density at radius 2 is 1.44 bits per heavy atom. The maximum absolute atomic E-state index is 11.3. The quantitative estimate of drug-likeness (QED) is 0.656.